The van der Waals surface area contributed by atoms with Crippen molar-refractivity contribution in [3.63, 3.8) is 0 Å². The molecule has 1 spiro atoms. The summed E-state index contributed by atoms with van der Waals surface area (Å²) in [5, 5.41) is 8.04. The van der Waals surface area contributed by atoms with Gasteiger partial charge in [-0.2, -0.15) is 5.10 Å². The Labute approximate surface area is 161 Å². The van der Waals surface area contributed by atoms with Gasteiger partial charge < -0.3 is 14.5 Å². The Morgan fingerprint density at radius 1 is 1.30 bits per heavy atom. The summed E-state index contributed by atoms with van der Waals surface area (Å²) in [5.74, 6) is -0.0577. The maximum absolute atomic E-state index is 12.8. The van der Waals surface area contributed by atoms with Crippen molar-refractivity contribution in [1.29, 1.82) is 0 Å². The Hall–Kier alpha value is -2.33. The fraction of sp³-hybridized carbons (Fsp3) is 0.588. The Balaban J connectivity index is 1.38. The third-order valence-corrected chi connectivity index (χ3v) is 6.24. The number of rotatable bonds is 4. The van der Waals surface area contributed by atoms with Crippen molar-refractivity contribution in [2.75, 3.05) is 33.3 Å². The lowest BCUT2D eigenvalue weighted by Crippen LogP contribution is -2.60. The van der Waals surface area contributed by atoms with Crippen molar-refractivity contribution in [3.8, 4) is 0 Å². The molecule has 144 valence electrons. The quantitative estimate of drug-likeness (QED) is 0.761. The number of likely N-dealkylation sites (tertiary alicyclic amines) is 2. The molecule has 2 saturated heterocycles. The maximum atomic E-state index is 12.8. The predicted molar refractivity (Wildman–Crippen MR) is 97.1 cm³/mol. The topological polar surface area (TPSA) is 93.4 Å². The van der Waals surface area contributed by atoms with Gasteiger partial charge in [-0.05, 0) is 24.9 Å². The van der Waals surface area contributed by atoms with Crippen molar-refractivity contribution in [1.82, 2.24) is 29.2 Å². The van der Waals surface area contributed by atoms with Gasteiger partial charge in [0.05, 0.1) is 11.9 Å². The Morgan fingerprint density at radius 3 is 2.63 bits per heavy atom. The largest absolute Gasteiger partial charge is 0.367 e. The van der Waals surface area contributed by atoms with Gasteiger partial charge in [0.1, 0.15) is 4.88 Å². The van der Waals surface area contributed by atoms with E-state index in [0.717, 1.165) is 23.5 Å². The number of carbonyl (C=O) groups is 2. The van der Waals surface area contributed by atoms with Crippen molar-refractivity contribution in [2.24, 2.45) is 12.5 Å². The molecule has 2 fully saturated rings. The van der Waals surface area contributed by atoms with Crippen LogP contribution in [0, 0.1) is 12.3 Å². The molecule has 0 aromatic carbocycles. The molecule has 9 nitrogen and oxygen atoms in total. The SMILES string of the molecule is COC(C(=O)N1CC2(CCN(C(=O)c3snnc3C)C2)C1)c1cnn(C)c1. The van der Waals surface area contributed by atoms with E-state index in [1.54, 1.807) is 24.0 Å². The molecule has 1 unspecified atom stereocenters. The molecule has 0 bridgehead atoms. The molecule has 0 aliphatic carbocycles. The first-order valence-corrected chi connectivity index (χ1v) is 9.58. The van der Waals surface area contributed by atoms with Crippen molar-refractivity contribution >= 4 is 23.3 Å². The predicted octanol–water partition coefficient (Wildman–Crippen LogP) is 0.642. The number of hydrogen-bond acceptors (Lipinski definition) is 7. The second kappa shape index (κ2) is 6.68. The number of amides is 2. The molecule has 27 heavy (non-hydrogen) atoms. The van der Waals surface area contributed by atoms with Crippen molar-refractivity contribution < 1.29 is 14.3 Å². The fourth-order valence-electron chi connectivity index (χ4n) is 3.98. The highest BCUT2D eigenvalue weighted by molar-refractivity contribution is 7.07. The summed E-state index contributed by atoms with van der Waals surface area (Å²) in [6.45, 7) is 4.47. The summed E-state index contributed by atoms with van der Waals surface area (Å²) in [5.41, 5.74) is 1.42. The van der Waals surface area contributed by atoms with Crippen LogP contribution < -0.4 is 0 Å². The molecule has 4 heterocycles. The molecule has 0 saturated carbocycles. The highest BCUT2D eigenvalue weighted by Crippen LogP contribution is 2.41. The summed E-state index contributed by atoms with van der Waals surface area (Å²) < 4.78 is 10.9. The lowest BCUT2D eigenvalue weighted by Gasteiger charge is -2.48. The Kier molecular flexibility index (Phi) is 4.47. The molecule has 2 aliphatic heterocycles. The van der Waals surface area contributed by atoms with Crippen LogP contribution in [0.4, 0.5) is 0 Å². The number of nitrogens with zero attached hydrogens (tertiary/aromatic N) is 6. The number of hydrogen-bond donors (Lipinski definition) is 0. The second-order valence-corrected chi connectivity index (χ2v) is 8.18. The second-order valence-electron chi connectivity index (χ2n) is 7.42. The number of aromatic nitrogens is 4. The van der Waals surface area contributed by atoms with Crippen LogP contribution in [0.25, 0.3) is 0 Å². The molecule has 2 aromatic heterocycles. The van der Waals surface area contributed by atoms with Crippen molar-refractivity contribution in [3.05, 3.63) is 28.5 Å². The monoisotopic (exact) mass is 390 g/mol. The average molecular weight is 390 g/mol. The molecular formula is C17H22N6O3S. The van der Waals surface area contributed by atoms with E-state index < -0.39 is 6.10 Å². The van der Waals surface area contributed by atoms with Crippen LogP contribution in [0.1, 0.15) is 33.5 Å². The van der Waals surface area contributed by atoms with Crippen LogP contribution in [0.5, 0.6) is 0 Å². The van der Waals surface area contributed by atoms with Crippen LogP contribution >= 0.6 is 11.5 Å². The van der Waals surface area contributed by atoms with E-state index in [9.17, 15) is 9.59 Å². The molecule has 2 amide bonds. The van der Waals surface area contributed by atoms with Gasteiger partial charge in [0.25, 0.3) is 11.8 Å². The number of carbonyl (C=O) groups excluding carboxylic acids is 2. The van der Waals surface area contributed by atoms with Crippen LogP contribution in [0.2, 0.25) is 0 Å². The number of ether oxygens (including phenoxy) is 1. The minimum atomic E-state index is -0.638. The first-order valence-electron chi connectivity index (χ1n) is 8.81. The standard InChI is InChI=1S/C17H22N6O3S/c1-11-14(27-20-19-11)16(25)22-5-4-17(8-22)9-23(10-17)15(24)13(26-3)12-6-18-21(2)7-12/h6-7,13H,4-5,8-10H2,1-3H3. The lowest BCUT2D eigenvalue weighted by atomic mass is 9.78. The molecule has 4 rings (SSSR count). The van der Waals surface area contributed by atoms with E-state index in [-0.39, 0.29) is 17.2 Å². The van der Waals surface area contributed by atoms with E-state index in [1.165, 1.54) is 7.11 Å². The van der Waals surface area contributed by atoms with Gasteiger partial charge in [-0.15, -0.1) is 5.10 Å². The van der Waals surface area contributed by atoms with E-state index in [0.29, 0.717) is 36.8 Å². The lowest BCUT2D eigenvalue weighted by molar-refractivity contribution is -0.154. The normalized spacial score (nSPS) is 19.4. The molecule has 2 aliphatic rings. The molecule has 0 N–H and O–H groups in total. The summed E-state index contributed by atoms with van der Waals surface area (Å²) in [4.78, 5) is 29.8. The zero-order chi connectivity index (χ0) is 19.2. The van der Waals surface area contributed by atoms with Gasteiger partial charge in [-0.25, -0.2) is 0 Å². The molecule has 10 heteroatoms. The van der Waals surface area contributed by atoms with E-state index in [2.05, 4.69) is 14.7 Å². The van der Waals surface area contributed by atoms with Crippen LogP contribution in [-0.4, -0.2) is 74.3 Å². The number of aryl methyl sites for hydroxylation is 2. The third kappa shape index (κ3) is 3.12. The van der Waals surface area contributed by atoms with Crippen LogP contribution in [0.3, 0.4) is 0 Å². The van der Waals surface area contributed by atoms with Crippen molar-refractivity contribution in [2.45, 2.75) is 19.4 Å². The van der Waals surface area contributed by atoms with Crippen LogP contribution in [-0.2, 0) is 16.6 Å². The van der Waals surface area contributed by atoms with Gasteiger partial charge in [0.15, 0.2) is 6.10 Å². The minimum absolute atomic E-state index is 0.00530. The summed E-state index contributed by atoms with van der Waals surface area (Å²) >= 11 is 1.14. The fourth-order valence-corrected chi connectivity index (χ4v) is 4.60. The highest BCUT2D eigenvalue weighted by Gasteiger charge is 2.51. The molecular weight excluding hydrogens is 368 g/mol. The average Bonchev–Trinajstić information content (AvgIpc) is 3.33. The first kappa shape index (κ1) is 18.1. The van der Waals surface area contributed by atoms with Crippen LogP contribution in [0.15, 0.2) is 12.4 Å². The smallest absolute Gasteiger partial charge is 0.267 e. The van der Waals surface area contributed by atoms with E-state index >= 15 is 0 Å². The van der Waals surface area contributed by atoms with E-state index in [4.69, 9.17) is 4.74 Å². The molecule has 2 aromatic rings. The van der Waals surface area contributed by atoms with Gasteiger partial charge in [-0.3, -0.25) is 14.3 Å². The zero-order valence-electron chi connectivity index (χ0n) is 15.6. The maximum Gasteiger partial charge on any atom is 0.267 e. The Morgan fingerprint density at radius 2 is 2.04 bits per heavy atom. The first-order chi connectivity index (χ1) is 12.9. The summed E-state index contributed by atoms with van der Waals surface area (Å²) in [6, 6.07) is 0. The van der Waals surface area contributed by atoms with Gasteiger partial charge >= 0.3 is 0 Å². The minimum Gasteiger partial charge on any atom is -0.367 e. The number of methoxy groups -OCH3 is 1. The van der Waals surface area contributed by atoms with Gasteiger partial charge in [-0.1, -0.05) is 4.49 Å². The van der Waals surface area contributed by atoms with E-state index in [1.807, 2.05) is 16.8 Å². The summed E-state index contributed by atoms with van der Waals surface area (Å²) in [6.07, 6.45) is 3.71. The summed E-state index contributed by atoms with van der Waals surface area (Å²) in [7, 11) is 3.34. The third-order valence-electron chi connectivity index (χ3n) is 5.42. The van der Waals surface area contributed by atoms with Gasteiger partial charge in [0, 0.05) is 57.5 Å². The van der Waals surface area contributed by atoms with Gasteiger partial charge in [0.2, 0.25) is 0 Å². The molecule has 1 atom stereocenters. The molecule has 0 radical (unpaired) electrons. The Bertz CT molecular complexity index is 872. The zero-order valence-corrected chi connectivity index (χ0v) is 16.4. The highest BCUT2D eigenvalue weighted by atomic mass is 32.1.